The van der Waals surface area contributed by atoms with E-state index >= 15 is 0 Å². The molecule has 0 spiro atoms. The van der Waals surface area contributed by atoms with Crippen molar-refractivity contribution in [3.63, 3.8) is 0 Å². The van der Waals surface area contributed by atoms with E-state index in [1.807, 2.05) is 0 Å². The molecular weight excluding hydrogens is 254 g/mol. The van der Waals surface area contributed by atoms with Crippen molar-refractivity contribution in [3.05, 3.63) is 24.3 Å². The second-order valence-electron chi connectivity index (χ2n) is 2.91. The Bertz CT molecular complexity index is 489. The van der Waals surface area contributed by atoms with E-state index in [0.29, 0.717) is 5.69 Å². The Morgan fingerprint density at radius 1 is 1.38 bits per heavy atom. The molecule has 1 aromatic rings. The van der Waals surface area contributed by atoms with Crippen molar-refractivity contribution in [2.75, 3.05) is 15.9 Å². The zero-order valence-corrected chi connectivity index (χ0v) is 9.68. The Labute approximate surface area is 98.0 Å². The first-order chi connectivity index (χ1) is 7.40. The normalized spacial score (nSPS) is 10.9. The number of carbonyl (C=O) groups is 1. The van der Waals surface area contributed by atoms with Gasteiger partial charge in [-0.15, -0.1) is 11.6 Å². The topological polar surface area (TPSA) is 101 Å². The maximum atomic E-state index is 11.0. The molecule has 0 heterocycles. The lowest BCUT2D eigenvalue weighted by Gasteiger charge is -2.06. The molecule has 0 fully saturated rings. The molecule has 0 aliphatic heterocycles. The lowest BCUT2D eigenvalue weighted by Crippen LogP contribution is -2.21. The van der Waals surface area contributed by atoms with Crippen LogP contribution in [-0.4, -0.2) is 20.2 Å². The number of nitrogens with one attached hydrogen (secondary N) is 2. The molecule has 0 saturated carbocycles. The van der Waals surface area contributed by atoms with Gasteiger partial charge in [0.05, 0.1) is 5.69 Å². The highest BCUT2D eigenvalue weighted by molar-refractivity contribution is 7.90. The van der Waals surface area contributed by atoms with E-state index in [0.717, 1.165) is 0 Å². The van der Waals surface area contributed by atoms with Crippen molar-refractivity contribution in [1.82, 2.24) is 0 Å². The minimum absolute atomic E-state index is 0.174. The Morgan fingerprint density at radius 2 is 2.00 bits per heavy atom. The van der Waals surface area contributed by atoms with Gasteiger partial charge in [-0.05, 0) is 18.2 Å². The van der Waals surface area contributed by atoms with Crippen molar-refractivity contribution in [2.45, 2.75) is 0 Å². The summed E-state index contributed by atoms with van der Waals surface area (Å²) in [5.41, 5.74) is 0.689. The van der Waals surface area contributed by atoms with Crippen molar-refractivity contribution in [2.24, 2.45) is 5.14 Å². The van der Waals surface area contributed by atoms with Crippen LogP contribution in [0.3, 0.4) is 0 Å². The average Bonchev–Trinajstić information content (AvgIpc) is 2.15. The Morgan fingerprint density at radius 3 is 2.56 bits per heavy atom. The molecule has 0 aliphatic rings. The van der Waals surface area contributed by atoms with E-state index in [1.54, 1.807) is 12.1 Å². The SMILES string of the molecule is NS(=O)(=O)Nc1cccc(NC(=O)CCl)c1. The Hall–Kier alpha value is -1.31. The predicted octanol–water partition coefficient (Wildman–Crippen LogP) is 0.479. The maximum absolute atomic E-state index is 11.0. The molecule has 0 aliphatic carbocycles. The lowest BCUT2D eigenvalue weighted by atomic mass is 10.3. The number of hydrogen-bond acceptors (Lipinski definition) is 3. The van der Waals surface area contributed by atoms with Gasteiger partial charge in [-0.3, -0.25) is 9.52 Å². The van der Waals surface area contributed by atoms with E-state index in [9.17, 15) is 13.2 Å². The molecule has 0 saturated heterocycles. The van der Waals surface area contributed by atoms with Gasteiger partial charge in [0.15, 0.2) is 0 Å². The van der Waals surface area contributed by atoms with Crippen molar-refractivity contribution in [3.8, 4) is 0 Å². The van der Waals surface area contributed by atoms with Gasteiger partial charge in [0.1, 0.15) is 5.88 Å². The second-order valence-corrected chi connectivity index (χ2v) is 4.47. The number of rotatable bonds is 4. The van der Waals surface area contributed by atoms with Crippen LogP contribution in [0.15, 0.2) is 24.3 Å². The molecule has 1 aromatic carbocycles. The van der Waals surface area contributed by atoms with Crippen molar-refractivity contribution in [1.29, 1.82) is 0 Å². The molecule has 0 bridgehead atoms. The van der Waals surface area contributed by atoms with Crippen LogP contribution < -0.4 is 15.2 Å². The molecule has 1 rings (SSSR count). The number of alkyl halides is 1. The lowest BCUT2D eigenvalue weighted by molar-refractivity contribution is -0.113. The third-order valence-corrected chi connectivity index (χ3v) is 2.29. The number of anilines is 2. The number of halogens is 1. The summed E-state index contributed by atoms with van der Waals surface area (Å²) in [5, 5.41) is 7.27. The summed E-state index contributed by atoms with van der Waals surface area (Å²) >= 11 is 5.30. The summed E-state index contributed by atoms with van der Waals surface area (Å²) in [6.45, 7) is 0. The molecule has 8 heteroatoms. The van der Waals surface area contributed by atoms with Gasteiger partial charge < -0.3 is 5.32 Å². The summed E-state index contributed by atoms with van der Waals surface area (Å²) < 4.78 is 23.6. The second kappa shape index (κ2) is 5.15. The predicted molar refractivity (Wildman–Crippen MR) is 62.5 cm³/mol. The quantitative estimate of drug-likeness (QED) is 0.689. The summed E-state index contributed by atoms with van der Waals surface area (Å²) in [4.78, 5) is 11.0. The fraction of sp³-hybridized carbons (Fsp3) is 0.125. The van der Waals surface area contributed by atoms with Gasteiger partial charge in [0.2, 0.25) is 5.91 Å². The van der Waals surface area contributed by atoms with Crippen LogP contribution in [0.2, 0.25) is 0 Å². The smallest absolute Gasteiger partial charge is 0.296 e. The molecule has 0 unspecified atom stereocenters. The first-order valence-electron chi connectivity index (χ1n) is 4.17. The van der Waals surface area contributed by atoms with E-state index in [2.05, 4.69) is 10.0 Å². The van der Waals surface area contributed by atoms with Gasteiger partial charge >= 0.3 is 0 Å². The zero-order chi connectivity index (χ0) is 12.2. The van der Waals surface area contributed by atoms with Crippen LogP contribution in [0.5, 0.6) is 0 Å². The molecule has 88 valence electrons. The average molecular weight is 264 g/mol. The molecule has 6 nitrogen and oxygen atoms in total. The maximum Gasteiger partial charge on any atom is 0.296 e. The summed E-state index contributed by atoms with van der Waals surface area (Å²) in [6, 6.07) is 6.09. The molecular formula is C8H10ClN3O3S. The third-order valence-electron chi connectivity index (χ3n) is 1.53. The van der Waals surface area contributed by atoms with E-state index in [4.69, 9.17) is 16.7 Å². The fourth-order valence-corrected chi connectivity index (χ4v) is 1.54. The summed E-state index contributed by atoms with van der Waals surface area (Å²) in [7, 11) is -3.82. The van der Waals surface area contributed by atoms with Gasteiger partial charge in [0.25, 0.3) is 10.2 Å². The highest BCUT2D eigenvalue weighted by Crippen LogP contribution is 2.15. The van der Waals surface area contributed by atoms with Crippen molar-refractivity contribution < 1.29 is 13.2 Å². The number of carbonyl (C=O) groups excluding carboxylic acids is 1. The molecule has 0 radical (unpaired) electrons. The van der Waals surface area contributed by atoms with Crippen LogP contribution in [0.4, 0.5) is 11.4 Å². The van der Waals surface area contributed by atoms with Crippen molar-refractivity contribution >= 4 is 39.1 Å². The van der Waals surface area contributed by atoms with Crippen LogP contribution in [0.25, 0.3) is 0 Å². The Balaban J connectivity index is 2.83. The number of nitrogens with two attached hydrogens (primary N) is 1. The molecule has 0 atom stereocenters. The molecule has 1 amide bonds. The highest BCUT2D eigenvalue weighted by atomic mass is 35.5. The first kappa shape index (κ1) is 12.8. The van der Waals surface area contributed by atoms with Crippen LogP contribution >= 0.6 is 11.6 Å². The highest BCUT2D eigenvalue weighted by Gasteiger charge is 2.04. The van der Waals surface area contributed by atoms with E-state index < -0.39 is 10.2 Å². The summed E-state index contributed by atoms with van der Waals surface area (Å²) in [5.74, 6) is -0.554. The number of hydrogen-bond donors (Lipinski definition) is 3. The van der Waals surface area contributed by atoms with Gasteiger partial charge in [-0.25, -0.2) is 5.14 Å². The fourth-order valence-electron chi connectivity index (χ4n) is 1.02. The van der Waals surface area contributed by atoms with Gasteiger partial charge in [0, 0.05) is 5.69 Å². The van der Waals surface area contributed by atoms with Crippen LogP contribution in [0, 0.1) is 0 Å². The standard InChI is InChI=1S/C8H10ClN3O3S/c9-5-8(13)11-6-2-1-3-7(4-6)12-16(10,14)15/h1-4,12H,5H2,(H,11,13)(H2,10,14,15). The molecule has 0 aromatic heterocycles. The monoisotopic (exact) mass is 263 g/mol. The zero-order valence-electron chi connectivity index (χ0n) is 8.10. The van der Waals surface area contributed by atoms with Crippen LogP contribution in [0.1, 0.15) is 0 Å². The first-order valence-corrected chi connectivity index (χ1v) is 6.25. The van der Waals surface area contributed by atoms with E-state index in [1.165, 1.54) is 12.1 Å². The Kier molecular flexibility index (Phi) is 4.11. The largest absolute Gasteiger partial charge is 0.325 e. The summed E-state index contributed by atoms with van der Waals surface area (Å²) in [6.07, 6.45) is 0. The number of benzene rings is 1. The minimum Gasteiger partial charge on any atom is -0.325 e. The third kappa shape index (κ3) is 4.47. The van der Waals surface area contributed by atoms with Gasteiger partial charge in [-0.1, -0.05) is 6.07 Å². The minimum atomic E-state index is -3.82. The van der Waals surface area contributed by atoms with Gasteiger partial charge in [-0.2, -0.15) is 8.42 Å². The number of amides is 1. The molecule has 16 heavy (non-hydrogen) atoms. The van der Waals surface area contributed by atoms with Crippen LogP contribution in [-0.2, 0) is 15.0 Å². The van der Waals surface area contributed by atoms with E-state index in [-0.39, 0.29) is 17.5 Å². The molecule has 4 N–H and O–H groups in total.